The molecule has 1 aliphatic carbocycles. The molecular weight excluding hydrogens is 252 g/mol. The summed E-state index contributed by atoms with van der Waals surface area (Å²) in [5.74, 6) is 1.41. The van der Waals surface area contributed by atoms with Gasteiger partial charge in [-0.1, -0.05) is 61.0 Å². The lowest BCUT2D eigenvalue weighted by Gasteiger charge is -2.27. The maximum absolute atomic E-state index is 2.51. The number of benzene rings is 2. The van der Waals surface area contributed by atoms with Gasteiger partial charge in [-0.25, -0.2) is 0 Å². The summed E-state index contributed by atoms with van der Waals surface area (Å²) in [5.41, 5.74) is 5.79. The molecule has 1 fully saturated rings. The van der Waals surface area contributed by atoms with Crippen molar-refractivity contribution in [1.82, 2.24) is 0 Å². The highest BCUT2D eigenvalue weighted by molar-refractivity contribution is 5.31. The summed E-state index contributed by atoms with van der Waals surface area (Å²) in [5, 5.41) is 0. The monoisotopic (exact) mass is 277 g/mol. The average Bonchev–Trinajstić information content (AvgIpc) is 2.45. The van der Waals surface area contributed by atoms with Gasteiger partial charge in [0.15, 0.2) is 0 Å². The molecule has 0 aromatic heterocycles. The molecule has 2 atom stereocenters. The van der Waals surface area contributed by atoms with Gasteiger partial charge in [0.25, 0.3) is 0 Å². The molecule has 0 spiro atoms. The van der Waals surface area contributed by atoms with Gasteiger partial charge < -0.3 is 0 Å². The van der Waals surface area contributed by atoms with Gasteiger partial charge in [0.05, 0.1) is 12.8 Å². The summed E-state index contributed by atoms with van der Waals surface area (Å²) in [6, 6.07) is 18.3. The van der Waals surface area contributed by atoms with E-state index in [-0.39, 0.29) is 0 Å². The highest BCUT2D eigenvalue weighted by Crippen LogP contribution is 2.40. The Morgan fingerprint density at radius 3 is 2.38 bits per heavy atom. The summed E-state index contributed by atoms with van der Waals surface area (Å²) >= 11 is 0. The van der Waals surface area contributed by atoms with Crippen LogP contribution in [0.3, 0.4) is 0 Å². The third kappa shape index (κ3) is 3.32. The smallest absolute Gasteiger partial charge is 0.0617 e. The van der Waals surface area contributed by atoms with Crippen molar-refractivity contribution in [2.45, 2.75) is 45.4 Å². The Balaban J connectivity index is 1.82. The standard InChI is InChI=1S/C21H25/c1-3-17-10-12-18(13-11-17)15-21(19-7-5-8-19)20-9-4-6-16(2)14-20/h4,6-7,9-14,19,21H,3,5,8,15H2,1-2H3/q+1. The fourth-order valence-corrected chi connectivity index (χ4v) is 3.31. The Labute approximate surface area is 129 Å². The first-order valence-electron chi connectivity index (χ1n) is 8.24. The van der Waals surface area contributed by atoms with Crippen LogP contribution in [-0.4, -0.2) is 0 Å². The molecule has 2 unspecified atom stereocenters. The SMILES string of the molecule is CCc1ccc(CC(c2cccc(C)c2)C2[CH+]CC2)cc1. The van der Waals surface area contributed by atoms with Gasteiger partial charge in [-0.2, -0.15) is 0 Å². The topological polar surface area (TPSA) is 0 Å². The van der Waals surface area contributed by atoms with Crippen LogP contribution >= 0.6 is 0 Å². The molecule has 0 heteroatoms. The lowest BCUT2D eigenvalue weighted by Crippen LogP contribution is -2.23. The first kappa shape index (κ1) is 14.3. The van der Waals surface area contributed by atoms with Crippen LogP contribution in [0.4, 0.5) is 0 Å². The molecule has 2 aromatic rings. The molecule has 0 aliphatic heterocycles. The van der Waals surface area contributed by atoms with Crippen molar-refractivity contribution in [3.05, 3.63) is 77.2 Å². The molecule has 21 heavy (non-hydrogen) atoms. The van der Waals surface area contributed by atoms with E-state index in [1.54, 1.807) is 0 Å². The van der Waals surface area contributed by atoms with Crippen LogP contribution in [0.5, 0.6) is 0 Å². The van der Waals surface area contributed by atoms with Gasteiger partial charge in [-0.05, 0) is 36.5 Å². The van der Waals surface area contributed by atoms with Crippen LogP contribution < -0.4 is 0 Å². The third-order valence-corrected chi connectivity index (χ3v) is 4.84. The van der Waals surface area contributed by atoms with Crippen LogP contribution in [0.2, 0.25) is 0 Å². The van der Waals surface area contributed by atoms with Crippen molar-refractivity contribution in [3.8, 4) is 0 Å². The van der Waals surface area contributed by atoms with E-state index in [1.165, 1.54) is 35.1 Å². The lowest BCUT2D eigenvalue weighted by atomic mass is 9.70. The Morgan fingerprint density at radius 1 is 1.10 bits per heavy atom. The van der Waals surface area contributed by atoms with Crippen molar-refractivity contribution in [3.63, 3.8) is 0 Å². The molecule has 0 radical (unpaired) electrons. The van der Waals surface area contributed by atoms with E-state index in [4.69, 9.17) is 0 Å². The highest BCUT2D eigenvalue weighted by Gasteiger charge is 2.36. The van der Waals surface area contributed by atoms with Gasteiger partial charge in [0.2, 0.25) is 0 Å². The summed E-state index contributed by atoms with van der Waals surface area (Å²) < 4.78 is 0. The molecule has 0 N–H and O–H groups in total. The van der Waals surface area contributed by atoms with Gasteiger partial charge in [-0.15, -0.1) is 0 Å². The van der Waals surface area contributed by atoms with Crippen LogP contribution in [0.25, 0.3) is 0 Å². The molecule has 1 aliphatic rings. The van der Waals surface area contributed by atoms with Crippen molar-refractivity contribution in [1.29, 1.82) is 0 Å². The predicted molar refractivity (Wildman–Crippen MR) is 90.5 cm³/mol. The van der Waals surface area contributed by atoms with Crippen molar-refractivity contribution < 1.29 is 0 Å². The fourth-order valence-electron chi connectivity index (χ4n) is 3.31. The molecule has 0 heterocycles. The van der Waals surface area contributed by atoms with Gasteiger partial charge in [0.1, 0.15) is 5.92 Å². The minimum absolute atomic E-state index is 0.645. The second kappa shape index (κ2) is 6.39. The average molecular weight is 277 g/mol. The van der Waals surface area contributed by atoms with E-state index >= 15 is 0 Å². The molecule has 0 bridgehead atoms. The van der Waals surface area contributed by atoms with E-state index in [2.05, 4.69) is 68.8 Å². The Hall–Kier alpha value is -1.69. The number of hydrogen-bond acceptors (Lipinski definition) is 0. The van der Waals surface area contributed by atoms with E-state index in [1.807, 2.05) is 0 Å². The quantitative estimate of drug-likeness (QED) is 0.633. The summed E-state index contributed by atoms with van der Waals surface area (Å²) in [4.78, 5) is 0. The Bertz CT molecular complexity index is 575. The van der Waals surface area contributed by atoms with Gasteiger partial charge >= 0.3 is 0 Å². The van der Waals surface area contributed by atoms with Crippen LogP contribution in [0, 0.1) is 19.3 Å². The summed E-state index contributed by atoms with van der Waals surface area (Å²) in [6.45, 7) is 4.41. The first-order valence-corrected chi connectivity index (χ1v) is 8.24. The number of rotatable bonds is 5. The maximum atomic E-state index is 2.51. The molecular formula is C21H25+. The van der Waals surface area contributed by atoms with E-state index in [0.717, 1.165) is 18.8 Å². The highest BCUT2D eigenvalue weighted by atomic mass is 14.3. The third-order valence-electron chi connectivity index (χ3n) is 4.84. The molecule has 3 rings (SSSR count). The summed E-state index contributed by atoms with van der Waals surface area (Å²) in [6.07, 6.45) is 7.44. The predicted octanol–water partition coefficient (Wildman–Crippen LogP) is 5.50. The first-order chi connectivity index (χ1) is 10.3. The van der Waals surface area contributed by atoms with Crippen LogP contribution in [0.1, 0.15) is 47.9 Å². The number of aryl methyl sites for hydroxylation is 2. The van der Waals surface area contributed by atoms with E-state index in [9.17, 15) is 0 Å². The van der Waals surface area contributed by atoms with Crippen LogP contribution in [-0.2, 0) is 12.8 Å². The minimum Gasteiger partial charge on any atom is -0.0617 e. The molecule has 2 aromatic carbocycles. The van der Waals surface area contributed by atoms with E-state index < -0.39 is 0 Å². The van der Waals surface area contributed by atoms with Gasteiger partial charge in [-0.3, -0.25) is 0 Å². The number of hydrogen-bond donors (Lipinski definition) is 0. The molecule has 0 saturated heterocycles. The second-order valence-electron chi connectivity index (χ2n) is 6.37. The zero-order valence-corrected chi connectivity index (χ0v) is 13.2. The fraction of sp³-hybridized carbons (Fsp3) is 0.381. The van der Waals surface area contributed by atoms with Crippen molar-refractivity contribution in [2.75, 3.05) is 0 Å². The van der Waals surface area contributed by atoms with Crippen molar-refractivity contribution in [2.24, 2.45) is 5.92 Å². The Kier molecular flexibility index (Phi) is 4.34. The van der Waals surface area contributed by atoms with E-state index in [0.29, 0.717) is 5.92 Å². The maximum Gasteiger partial charge on any atom is 0.109 e. The summed E-state index contributed by atoms with van der Waals surface area (Å²) in [7, 11) is 0. The zero-order valence-electron chi connectivity index (χ0n) is 13.2. The van der Waals surface area contributed by atoms with Crippen LogP contribution in [0.15, 0.2) is 48.5 Å². The normalized spacial score (nSPS) is 18.7. The van der Waals surface area contributed by atoms with Gasteiger partial charge in [0, 0.05) is 12.3 Å². The zero-order chi connectivity index (χ0) is 14.7. The lowest BCUT2D eigenvalue weighted by molar-refractivity contribution is 0.354. The molecule has 108 valence electrons. The Morgan fingerprint density at radius 2 is 1.81 bits per heavy atom. The molecule has 1 saturated carbocycles. The largest absolute Gasteiger partial charge is 0.109 e. The van der Waals surface area contributed by atoms with Crippen molar-refractivity contribution >= 4 is 0 Å². The molecule has 0 nitrogen and oxygen atoms in total. The minimum atomic E-state index is 0.645. The second-order valence-corrected chi connectivity index (χ2v) is 6.37. The molecule has 0 amide bonds.